The van der Waals surface area contributed by atoms with Gasteiger partial charge in [0.05, 0.1) is 0 Å². The maximum Gasteiger partial charge on any atom is 0 e. The summed E-state index contributed by atoms with van der Waals surface area (Å²) in [6, 6.07) is 9.61. The minimum atomic E-state index is 0. The third kappa shape index (κ3) is 33.4. The van der Waals surface area contributed by atoms with Crippen molar-refractivity contribution >= 4 is 10.8 Å². The minimum Gasteiger partial charge on any atom is -0.565 e. The molecule has 0 amide bonds. The molecule has 2 aromatic rings. The van der Waals surface area contributed by atoms with Crippen LogP contribution in [0.25, 0.3) is 10.8 Å². The van der Waals surface area contributed by atoms with E-state index in [9.17, 15) is 0 Å². The molecule has 1 nitrogen and oxygen atoms in total. The fourth-order valence-electron chi connectivity index (χ4n) is 1.28. The molecule has 0 atom stereocenters. The number of pyridine rings is 1. The van der Waals surface area contributed by atoms with Crippen molar-refractivity contribution in [1.82, 2.24) is 4.98 Å². The van der Waals surface area contributed by atoms with Gasteiger partial charge in [-0.05, 0) is 0 Å². The number of fused-ring (bicyclic) bond motifs is 1. The van der Waals surface area contributed by atoms with Gasteiger partial charge in [0.15, 0.2) is 0 Å². The molecule has 0 saturated heterocycles. The maximum absolute atomic E-state index is 4.10. The Morgan fingerprint density at radius 2 is 0.897 bits per heavy atom. The van der Waals surface area contributed by atoms with E-state index in [4.69, 9.17) is 0 Å². The Kier molecular flexibility index (Phi) is 163. The second-order valence-corrected chi connectivity index (χ2v) is 3.30. The SMILES string of the molecule is [CH2-]Cc1[c-]c2[c-]c(C)c(C)[c-]c2[c-]n1.[Ir].[V].[V].[V].[V].[V].[V].[V].[V].[V].[V].[V].[V].[V].[V]. The van der Waals surface area contributed by atoms with E-state index < -0.39 is 0 Å². The van der Waals surface area contributed by atoms with Crippen molar-refractivity contribution in [2.75, 3.05) is 0 Å². The van der Waals surface area contributed by atoms with Gasteiger partial charge in [-0.3, -0.25) is 11.8 Å². The smallest absolute Gasteiger partial charge is 0 e. The third-order valence-electron chi connectivity index (χ3n) is 2.25. The first-order valence-electron chi connectivity index (χ1n) is 4.55. The molecule has 0 saturated carbocycles. The number of benzene rings is 1. The summed E-state index contributed by atoms with van der Waals surface area (Å²) in [6.45, 7) is 7.79. The van der Waals surface area contributed by atoms with Crippen molar-refractivity contribution in [3.05, 3.63) is 48.1 Å². The second kappa shape index (κ2) is 52.0. The Hall–Kier alpha value is 7.46. The van der Waals surface area contributed by atoms with Crippen molar-refractivity contribution < 1.29 is 280 Å². The summed E-state index contributed by atoms with van der Waals surface area (Å²) in [5, 5.41) is 1.76. The molecule has 1 heterocycles. The van der Waals surface area contributed by atoms with Gasteiger partial charge in [0.1, 0.15) is 0 Å². The topological polar surface area (TPSA) is 12.9 Å². The Morgan fingerprint density at radius 1 is 0.586 bits per heavy atom. The van der Waals surface area contributed by atoms with E-state index >= 15 is 0 Å². The number of hydrogen-bond acceptors (Lipinski definition) is 1. The fourth-order valence-corrected chi connectivity index (χ4v) is 1.28. The number of hydrogen-bond donors (Lipinski definition) is 0. The standard InChI is InChI=1S/C13H10N.Ir.14V/c1-4-13-7-11-5-9(2)10(3)6-12(11)8-14-13;;;;;;;;;;;;;;;/h1,4H2,2-3H3;;;;;;;;;;;;;;;/q-5;;;;;;;;;;;;;;;. The maximum atomic E-state index is 4.10. The van der Waals surface area contributed by atoms with Crippen LogP contribution in [0.1, 0.15) is 16.8 Å². The fraction of sp³-hybridized carbons (Fsp3) is 0.231. The van der Waals surface area contributed by atoms with Crippen LogP contribution in [0.4, 0.5) is 0 Å². The molecular weight excluding hydrogens is 1080 g/mol. The molecule has 0 N–H and O–H groups in total. The molecule has 0 aliphatic heterocycles. The molecule has 1 aromatic heterocycles. The van der Waals surface area contributed by atoms with Gasteiger partial charge in [0.2, 0.25) is 0 Å². The van der Waals surface area contributed by atoms with E-state index in [-0.39, 0.29) is 280 Å². The first kappa shape index (κ1) is 90.9. The van der Waals surface area contributed by atoms with Gasteiger partial charge in [-0.2, -0.15) is 12.1 Å². The first-order valence-corrected chi connectivity index (χ1v) is 4.55. The summed E-state index contributed by atoms with van der Waals surface area (Å²) in [6.07, 6.45) is 3.56. The molecule has 16 heteroatoms. The second-order valence-electron chi connectivity index (χ2n) is 3.30. The van der Waals surface area contributed by atoms with Crippen LogP contribution in [0.5, 0.6) is 0 Å². The number of aromatic nitrogens is 1. The molecule has 0 aliphatic rings. The van der Waals surface area contributed by atoms with E-state index in [1.807, 2.05) is 13.8 Å². The van der Waals surface area contributed by atoms with E-state index in [2.05, 4.69) is 36.3 Å². The van der Waals surface area contributed by atoms with E-state index in [1.54, 1.807) is 0 Å². The van der Waals surface area contributed by atoms with Crippen molar-refractivity contribution in [1.29, 1.82) is 0 Å². The largest absolute Gasteiger partial charge is 0.565 e. The number of aryl methyl sites for hydroxylation is 2. The molecule has 29 heavy (non-hydrogen) atoms. The molecule has 151 valence electrons. The zero-order valence-corrected chi connectivity index (χ0v) is 36.9. The van der Waals surface area contributed by atoms with Crippen molar-refractivity contribution in [2.24, 2.45) is 0 Å². The monoisotopic (exact) mass is 1090 g/mol. The Bertz CT molecular complexity index is 506. The predicted molar refractivity (Wildman–Crippen MR) is 55.6 cm³/mol. The van der Waals surface area contributed by atoms with Crippen molar-refractivity contribution in [3.63, 3.8) is 0 Å². The zero-order valence-electron chi connectivity index (χ0n) is 15.0. The molecule has 0 unspecified atom stereocenters. The summed E-state index contributed by atoms with van der Waals surface area (Å²) < 4.78 is 0. The van der Waals surface area contributed by atoms with Crippen LogP contribution < -0.4 is 0 Å². The van der Waals surface area contributed by atoms with E-state index in [0.29, 0.717) is 6.42 Å². The number of nitrogens with zero attached hydrogens (tertiary/aromatic N) is 1. The summed E-state index contributed by atoms with van der Waals surface area (Å²) >= 11 is 0. The van der Waals surface area contributed by atoms with Gasteiger partial charge in [0.25, 0.3) is 0 Å². The van der Waals surface area contributed by atoms with Crippen molar-refractivity contribution in [2.45, 2.75) is 20.3 Å². The Morgan fingerprint density at radius 3 is 1.21 bits per heavy atom. The molecule has 0 fully saturated rings. The van der Waals surface area contributed by atoms with E-state index in [1.165, 1.54) is 0 Å². The summed E-state index contributed by atoms with van der Waals surface area (Å²) in [5.74, 6) is 0. The van der Waals surface area contributed by atoms with Crippen LogP contribution in [0.2, 0.25) is 0 Å². The normalized spacial score (nSPS) is 5.21. The molecule has 0 bridgehead atoms. The number of rotatable bonds is 1. The van der Waals surface area contributed by atoms with Crippen molar-refractivity contribution in [3.8, 4) is 0 Å². The molecule has 0 aliphatic carbocycles. The van der Waals surface area contributed by atoms with Crippen LogP contribution in [0, 0.1) is 45.2 Å². The molecule has 0 spiro atoms. The van der Waals surface area contributed by atoms with Crippen LogP contribution >= 0.6 is 0 Å². The average molecular weight is 1090 g/mol. The van der Waals surface area contributed by atoms with Gasteiger partial charge in [-0.1, -0.05) is 6.92 Å². The molecule has 15 radical (unpaired) electrons. The van der Waals surface area contributed by atoms with Gasteiger partial charge in [0, 0.05) is 280 Å². The van der Waals surface area contributed by atoms with Gasteiger partial charge in [-0.25, -0.2) is 0 Å². The Labute approximate surface area is 356 Å². The summed E-state index contributed by atoms with van der Waals surface area (Å²) in [5.41, 5.74) is 3.01. The predicted octanol–water partition coefficient (Wildman–Crippen LogP) is 2.39. The van der Waals surface area contributed by atoms with Crippen LogP contribution in [0.3, 0.4) is 0 Å². The van der Waals surface area contributed by atoms with Gasteiger partial charge < -0.3 is 46.4 Å². The zero-order chi connectivity index (χ0) is 10.1. The van der Waals surface area contributed by atoms with E-state index in [0.717, 1.165) is 27.6 Å². The summed E-state index contributed by atoms with van der Waals surface area (Å²) in [7, 11) is 0. The van der Waals surface area contributed by atoms with Crippen LogP contribution in [0.15, 0.2) is 0 Å². The average Bonchev–Trinajstić information content (AvgIpc) is 2.19. The quantitative estimate of drug-likeness (QED) is 0.401. The molecule has 2 rings (SSSR count). The van der Waals surface area contributed by atoms with Gasteiger partial charge >= 0.3 is 0 Å². The molecular formula is C13H10IrNV14-5. The first-order chi connectivity index (χ1) is 6.70. The molecule has 1 aromatic carbocycles. The minimum absolute atomic E-state index is 0. The van der Waals surface area contributed by atoms with Crippen LogP contribution in [-0.4, -0.2) is 4.98 Å². The third-order valence-corrected chi connectivity index (χ3v) is 2.25. The van der Waals surface area contributed by atoms with Crippen LogP contribution in [-0.2, 0) is 286 Å². The summed E-state index contributed by atoms with van der Waals surface area (Å²) in [4.78, 5) is 4.10. The van der Waals surface area contributed by atoms with Gasteiger partial charge in [-0.15, -0.1) is 6.92 Å². The Balaban J connectivity index is -0.0000000125.